The van der Waals surface area contributed by atoms with Crippen molar-refractivity contribution in [2.75, 3.05) is 13.2 Å². The molecule has 1 heterocycles. The second-order valence-corrected chi connectivity index (χ2v) is 8.84. The molecule has 0 saturated carbocycles. The summed E-state index contributed by atoms with van der Waals surface area (Å²) in [4.78, 5) is 4.69. The molecule has 0 aliphatic heterocycles. The van der Waals surface area contributed by atoms with Crippen molar-refractivity contribution in [2.24, 2.45) is 5.73 Å². The molecule has 0 radical (unpaired) electrons. The Hall–Kier alpha value is -1.83. The van der Waals surface area contributed by atoms with Gasteiger partial charge in [-0.3, -0.25) is 4.98 Å². The van der Waals surface area contributed by atoms with Crippen LogP contribution >= 0.6 is 27.7 Å². The average Bonchev–Trinajstić information content (AvgIpc) is 2.74. The Morgan fingerprint density at radius 1 is 1.25 bits per heavy atom. The number of pyridine rings is 1. The predicted molar refractivity (Wildman–Crippen MR) is 118 cm³/mol. The van der Waals surface area contributed by atoms with Crippen molar-refractivity contribution in [3.05, 3.63) is 64.3 Å². The maximum absolute atomic E-state index is 13.4. The zero-order valence-corrected chi connectivity index (χ0v) is 19.3. The zero-order valence-electron chi connectivity index (χ0n) is 16.9. The quantitative estimate of drug-likeness (QED) is 0.168. The van der Waals surface area contributed by atoms with Crippen molar-refractivity contribution in [3.8, 4) is 0 Å². The van der Waals surface area contributed by atoms with Crippen molar-refractivity contribution < 1.29 is 33.2 Å². The second-order valence-electron chi connectivity index (χ2n) is 6.75. The Bertz CT molecular complexity index is 916. The van der Waals surface area contributed by atoms with Crippen molar-refractivity contribution in [3.63, 3.8) is 0 Å². The van der Waals surface area contributed by atoms with Gasteiger partial charge in [0.15, 0.2) is 17.5 Å². The monoisotopic (exact) mass is 537 g/mol. The minimum absolute atomic E-state index is 0.0831. The molecule has 0 bridgehead atoms. The van der Waals surface area contributed by atoms with Gasteiger partial charge in [0.1, 0.15) is 17.6 Å². The third-order valence-electron chi connectivity index (χ3n) is 4.17. The van der Waals surface area contributed by atoms with E-state index in [2.05, 4.69) is 26.2 Å². The highest BCUT2D eigenvalue weighted by Crippen LogP contribution is 2.29. The number of aliphatic hydroxyl groups excluding tert-OH is 3. The van der Waals surface area contributed by atoms with Crippen LogP contribution in [0.25, 0.3) is 5.70 Å². The largest absolute Gasteiger partial charge is 0.397 e. The fourth-order valence-electron chi connectivity index (χ4n) is 2.46. The van der Waals surface area contributed by atoms with E-state index in [9.17, 15) is 28.5 Å². The number of nitrogens with zero attached hydrogens (tertiary/aromatic N) is 1. The van der Waals surface area contributed by atoms with Crippen LogP contribution in [0, 0.1) is 17.5 Å². The lowest BCUT2D eigenvalue weighted by Gasteiger charge is -2.28. The van der Waals surface area contributed by atoms with Gasteiger partial charge in [0.05, 0.1) is 18.4 Å². The van der Waals surface area contributed by atoms with E-state index in [4.69, 9.17) is 10.5 Å². The van der Waals surface area contributed by atoms with Crippen LogP contribution in [0.5, 0.6) is 0 Å². The SMILES string of the molecule is CC(O)C(CO)OC(Sc1cncc(Br)c1)C(O)CN/C=C(\N)c1cc(F)c(F)c(F)c1. The predicted octanol–water partition coefficient (Wildman–Crippen LogP) is 2.35. The van der Waals surface area contributed by atoms with Gasteiger partial charge in [0.2, 0.25) is 0 Å². The summed E-state index contributed by atoms with van der Waals surface area (Å²) < 4.78 is 46.3. The number of hydrogen-bond acceptors (Lipinski definition) is 8. The molecule has 4 unspecified atom stereocenters. The van der Waals surface area contributed by atoms with Crippen LogP contribution in [0.4, 0.5) is 13.2 Å². The lowest BCUT2D eigenvalue weighted by atomic mass is 10.1. The number of aromatic nitrogens is 1. The van der Waals surface area contributed by atoms with Gasteiger partial charge in [-0.15, -0.1) is 0 Å². The number of ether oxygens (including phenoxy) is 1. The molecule has 4 atom stereocenters. The van der Waals surface area contributed by atoms with E-state index in [1.165, 1.54) is 13.1 Å². The van der Waals surface area contributed by atoms with Gasteiger partial charge in [0, 0.05) is 40.1 Å². The first kappa shape index (κ1) is 26.4. The fraction of sp³-hybridized carbons (Fsp3) is 0.350. The van der Waals surface area contributed by atoms with Gasteiger partial charge in [-0.1, -0.05) is 11.8 Å². The minimum Gasteiger partial charge on any atom is -0.397 e. The molecule has 7 nitrogen and oxygen atoms in total. The minimum atomic E-state index is -1.60. The van der Waals surface area contributed by atoms with E-state index in [0.717, 1.165) is 23.9 Å². The molecule has 0 amide bonds. The second kappa shape index (κ2) is 12.4. The summed E-state index contributed by atoms with van der Waals surface area (Å²) in [5, 5.41) is 32.6. The van der Waals surface area contributed by atoms with Gasteiger partial charge >= 0.3 is 0 Å². The Morgan fingerprint density at radius 2 is 1.91 bits per heavy atom. The first-order chi connectivity index (χ1) is 15.1. The Morgan fingerprint density at radius 3 is 2.47 bits per heavy atom. The van der Waals surface area contributed by atoms with Gasteiger partial charge in [-0.05, 0) is 41.1 Å². The normalized spacial score (nSPS) is 15.8. The molecular weight excluding hydrogens is 515 g/mol. The van der Waals surface area contributed by atoms with Crippen molar-refractivity contribution >= 4 is 33.4 Å². The molecule has 1 aromatic heterocycles. The number of hydrogen-bond donors (Lipinski definition) is 5. The lowest BCUT2D eigenvalue weighted by Crippen LogP contribution is -2.41. The third-order valence-corrected chi connectivity index (χ3v) is 5.76. The molecule has 6 N–H and O–H groups in total. The van der Waals surface area contributed by atoms with Gasteiger partial charge in [-0.25, -0.2) is 13.2 Å². The maximum atomic E-state index is 13.4. The first-order valence-corrected chi connectivity index (χ1v) is 11.0. The van der Waals surface area contributed by atoms with Gasteiger partial charge < -0.3 is 31.1 Å². The molecule has 2 aromatic rings. The number of benzene rings is 1. The van der Waals surface area contributed by atoms with Crippen LogP contribution in [-0.2, 0) is 4.74 Å². The number of halogens is 4. The molecule has 1 aromatic carbocycles. The number of thioether (sulfide) groups is 1. The highest BCUT2D eigenvalue weighted by atomic mass is 79.9. The summed E-state index contributed by atoms with van der Waals surface area (Å²) in [5.74, 6) is -4.35. The summed E-state index contributed by atoms with van der Waals surface area (Å²) in [5.41, 5.74) is 4.67. The molecule has 12 heteroatoms. The summed E-state index contributed by atoms with van der Waals surface area (Å²) >= 11 is 4.41. The summed E-state index contributed by atoms with van der Waals surface area (Å²) in [6.07, 6.45) is 1.22. The number of aliphatic hydroxyl groups is 3. The van der Waals surface area contributed by atoms with Crippen molar-refractivity contribution in [2.45, 2.75) is 35.6 Å². The summed E-state index contributed by atoms with van der Waals surface area (Å²) in [6, 6.07) is 3.25. The number of nitrogens with one attached hydrogen (secondary N) is 1. The van der Waals surface area contributed by atoms with Crippen LogP contribution in [0.1, 0.15) is 12.5 Å². The molecular formula is C20H23BrF3N3O4S. The molecule has 2 rings (SSSR count). The van der Waals surface area contributed by atoms with Crippen LogP contribution < -0.4 is 11.1 Å². The van der Waals surface area contributed by atoms with Gasteiger partial charge in [-0.2, -0.15) is 0 Å². The van der Waals surface area contributed by atoms with Crippen molar-refractivity contribution in [1.82, 2.24) is 10.3 Å². The van der Waals surface area contributed by atoms with Gasteiger partial charge in [0.25, 0.3) is 0 Å². The molecule has 0 saturated heterocycles. The van der Waals surface area contributed by atoms with E-state index >= 15 is 0 Å². The molecule has 0 fully saturated rings. The third kappa shape index (κ3) is 7.64. The maximum Gasteiger partial charge on any atom is 0.194 e. The summed E-state index contributed by atoms with van der Waals surface area (Å²) in [7, 11) is 0. The summed E-state index contributed by atoms with van der Waals surface area (Å²) in [6.45, 7) is 0.863. The Kier molecular flexibility index (Phi) is 10.3. The smallest absolute Gasteiger partial charge is 0.194 e. The average molecular weight is 538 g/mol. The standard InChI is InChI=1S/C20H23BrF3N3O4S/c1-10(29)18(9-28)31-20(32-13-4-12(21)5-26-6-13)17(30)8-27-7-16(25)11-2-14(22)19(24)15(23)3-11/h2-7,10,17-18,20,27-30H,8-9,25H2,1H3/b16-7-. The van der Waals surface area contributed by atoms with Crippen molar-refractivity contribution in [1.29, 1.82) is 0 Å². The molecule has 0 spiro atoms. The van der Waals surface area contributed by atoms with E-state index in [1.807, 2.05) is 0 Å². The van der Waals surface area contributed by atoms with E-state index in [0.29, 0.717) is 9.37 Å². The highest BCUT2D eigenvalue weighted by molar-refractivity contribution is 9.10. The molecule has 176 valence electrons. The van der Waals surface area contributed by atoms with Crippen LogP contribution in [0.15, 0.2) is 46.2 Å². The topological polar surface area (TPSA) is 121 Å². The van der Waals surface area contributed by atoms with Crippen LogP contribution in [-0.4, -0.2) is 57.2 Å². The van der Waals surface area contributed by atoms with E-state index in [-0.39, 0.29) is 17.8 Å². The first-order valence-electron chi connectivity index (χ1n) is 9.36. The zero-order chi connectivity index (χ0) is 23.8. The molecule has 0 aliphatic rings. The fourth-order valence-corrected chi connectivity index (χ4v) is 4.01. The van der Waals surface area contributed by atoms with E-state index in [1.54, 1.807) is 18.5 Å². The Labute approximate surface area is 195 Å². The number of nitrogens with two attached hydrogens (primary N) is 1. The lowest BCUT2D eigenvalue weighted by molar-refractivity contribution is -0.0933. The Balaban J connectivity index is 2.10. The molecule has 0 aliphatic carbocycles. The van der Waals surface area contributed by atoms with Crippen LogP contribution in [0.2, 0.25) is 0 Å². The molecule has 32 heavy (non-hydrogen) atoms. The van der Waals surface area contributed by atoms with Crippen LogP contribution in [0.3, 0.4) is 0 Å². The number of rotatable bonds is 11. The highest BCUT2D eigenvalue weighted by Gasteiger charge is 2.27. The van der Waals surface area contributed by atoms with E-state index < -0.39 is 47.8 Å².